The van der Waals surface area contributed by atoms with Gasteiger partial charge >= 0.3 is 0 Å². The minimum Gasteiger partial charge on any atom is -0.496 e. The van der Waals surface area contributed by atoms with Gasteiger partial charge in [-0.25, -0.2) is 0 Å². The maximum Gasteiger partial charge on any atom is 0.132 e. The molecular weight excluding hydrogens is 242 g/mol. The van der Waals surface area contributed by atoms with Crippen molar-refractivity contribution in [2.75, 3.05) is 26.1 Å². The van der Waals surface area contributed by atoms with Gasteiger partial charge in [-0.1, -0.05) is 6.07 Å². The molecule has 1 aliphatic rings. The zero-order valence-electron chi connectivity index (χ0n) is 11.4. The number of benzene rings is 1. The summed E-state index contributed by atoms with van der Waals surface area (Å²) in [6.45, 7) is 0.950. The second-order valence-corrected chi connectivity index (χ2v) is 4.51. The first kappa shape index (κ1) is 11.9. The van der Waals surface area contributed by atoms with Crippen LogP contribution in [0.3, 0.4) is 0 Å². The Balaban J connectivity index is 2.25. The molecule has 0 bridgehead atoms. The van der Waals surface area contributed by atoms with Gasteiger partial charge in [-0.2, -0.15) is 5.10 Å². The minimum atomic E-state index is 0.784. The fourth-order valence-electron chi connectivity index (χ4n) is 2.62. The maximum absolute atomic E-state index is 5.46. The lowest BCUT2D eigenvalue weighted by Gasteiger charge is -2.11. The summed E-state index contributed by atoms with van der Waals surface area (Å²) in [7, 11) is 5.28. The fourth-order valence-corrected chi connectivity index (χ4v) is 2.62. The minimum absolute atomic E-state index is 0.784. The zero-order chi connectivity index (χ0) is 13.4. The van der Waals surface area contributed by atoms with Crippen LogP contribution >= 0.6 is 0 Å². The Morgan fingerprint density at radius 1 is 1.21 bits per heavy atom. The summed E-state index contributed by atoms with van der Waals surface area (Å²) in [5, 5.41) is 7.97. The number of aryl methyl sites for hydroxylation is 1. The van der Waals surface area contributed by atoms with Gasteiger partial charge in [0.15, 0.2) is 0 Å². The van der Waals surface area contributed by atoms with Crippen LogP contribution in [0, 0.1) is 0 Å². The highest BCUT2D eigenvalue weighted by Crippen LogP contribution is 2.42. The van der Waals surface area contributed by atoms with Crippen LogP contribution in [0.4, 0.5) is 5.82 Å². The molecule has 0 spiro atoms. The number of rotatable bonds is 3. The number of hydrogen-bond donors (Lipinski definition) is 1. The van der Waals surface area contributed by atoms with Gasteiger partial charge in [0.2, 0.25) is 0 Å². The molecule has 19 heavy (non-hydrogen) atoms. The van der Waals surface area contributed by atoms with Gasteiger partial charge in [0, 0.05) is 19.2 Å². The third-order valence-electron chi connectivity index (χ3n) is 3.48. The van der Waals surface area contributed by atoms with Crippen molar-refractivity contribution < 1.29 is 9.47 Å². The summed E-state index contributed by atoms with van der Waals surface area (Å²) in [6.07, 6.45) is 0.972. The van der Waals surface area contributed by atoms with Crippen LogP contribution in [0.15, 0.2) is 18.2 Å². The molecule has 1 aromatic heterocycles. The van der Waals surface area contributed by atoms with Gasteiger partial charge in [-0.15, -0.1) is 0 Å². The van der Waals surface area contributed by atoms with E-state index in [4.69, 9.17) is 9.47 Å². The Hall–Kier alpha value is -2.17. The lowest BCUT2D eigenvalue weighted by Crippen LogP contribution is -2.02. The van der Waals surface area contributed by atoms with E-state index < -0.39 is 0 Å². The SMILES string of the molecule is COc1cccc(OC)c1-c1nn(C)c2c1CCN2. The van der Waals surface area contributed by atoms with Crippen molar-refractivity contribution in [1.29, 1.82) is 0 Å². The van der Waals surface area contributed by atoms with E-state index in [0.29, 0.717) is 0 Å². The number of aromatic nitrogens is 2. The predicted molar refractivity (Wildman–Crippen MR) is 73.9 cm³/mol. The number of ether oxygens (including phenoxy) is 2. The Morgan fingerprint density at radius 2 is 1.89 bits per heavy atom. The molecule has 100 valence electrons. The normalized spacial score (nSPS) is 13.0. The summed E-state index contributed by atoms with van der Waals surface area (Å²) in [6, 6.07) is 5.78. The van der Waals surface area contributed by atoms with Gasteiger partial charge in [0.25, 0.3) is 0 Å². The van der Waals surface area contributed by atoms with E-state index in [1.54, 1.807) is 14.2 Å². The fraction of sp³-hybridized carbons (Fsp3) is 0.357. The molecule has 0 atom stereocenters. The van der Waals surface area contributed by atoms with Crippen molar-refractivity contribution in [2.24, 2.45) is 7.05 Å². The Kier molecular flexibility index (Phi) is 2.81. The lowest BCUT2D eigenvalue weighted by molar-refractivity contribution is 0.397. The van der Waals surface area contributed by atoms with Crippen molar-refractivity contribution in [3.8, 4) is 22.8 Å². The molecule has 0 saturated carbocycles. The molecule has 1 aliphatic heterocycles. The Labute approximate surface area is 112 Å². The molecule has 2 aromatic rings. The number of methoxy groups -OCH3 is 2. The molecule has 0 amide bonds. The third-order valence-corrected chi connectivity index (χ3v) is 3.48. The van der Waals surface area contributed by atoms with Crippen molar-refractivity contribution in [3.05, 3.63) is 23.8 Å². The molecule has 5 nitrogen and oxygen atoms in total. The Morgan fingerprint density at radius 3 is 2.53 bits per heavy atom. The summed E-state index contributed by atoms with van der Waals surface area (Å²) < 4.78 is 12.8. The molecule has 1 N–H and O–H groups in total. The van der Waals surface area contributed by atoms with Crippen molar-refractivity contribution in [3.63, 3.8) is 0 Å². The quantitative estimate of drug-likeness (QED) is 0.916. The summed E-state index contributed by atoms with van der Waals surface area (Å²) >= 11 is 0. The van der Waals surface area contributed by atoms with E-state index in [0.717, 1.165) is 41.5 Å². The van der Waals surface area contributed by atoms with E-state index in [1.165, 1.54) is 5.56 Å². The van der Waals surface area contributed by atoms with Crippen molar-refractivity contribution >= 4 is 5.82 Å². The van der Waals surface area contributed by atoms with Gasteiger partial charge in [0.05, 0.1) is 19.8 Å². The van der Waals surface area contributed by atoms with E-state index in [9.17, 15) is 0 Å². The molecular formula is C14H17N3O2. The number of fused-ring (bicyclic) bond motifs is 1. The van der Waals surface area contributed by atoms with Gasteiger partial charge in [0.1, 0.15) is 23.0 Å². The highest BCUT2D eigenvalue weighted by molar-refractivity contribution is 5.80. The second kappa shape index (κ2) is 4.50. The maximum atomic E-state index is 5.46. The number of nitrogens with zero attached hydrogens (tertiary/aromatic N) is 2. The highest BCUT2D eigenvalue weighted by Gasteiger charge is 2.25. The molecule has 2 heterocycles. The molecule has 0 saturated heterocycles. The second-order valence-electron chi connectivity index (χ2n) is 4.51. The van der Waals surface area contributed by atoms with E-state index in [-0.39, 0.29) is 0 Å². The van der Waals surface area contributed by atoms with Crippen LogP contribution in [-0.2, 0) is 13.5 Å². The zero-order valence-corrected chi connectivity index (χ0v) is 11.4. The van der Waals surface area contributed by atoms with Gasteiger partial charge in [-0.05, 0) is 18.6 Å². The smallest absolute Gasteiger partial charge is 0.132 e. The average Bonchev–Trinajstić information content (AvgIpc) is 3.02. The first-order valence-electron chi connectivity index (χ1n) is 6.27. The number of anilines is 1. The van der Waals surface area contributed by atoms with Gasteiger partial charge < -0.3 is 14.8 Å². The van der Waals surface area contributed by atoms with E-state index in [2.05, 4.69) is 10.4 Å². The number of nitrogens with one attached hydrogen (secondary N) is 1. The summed E-state index contributed by atoms with van der Waals surface area (Å²) in [4.78, 5) is 0. The van der Waals surface area contributed by atoms with Crippen LogP contribution < -0.4 is 14.8 Å². The number of hydrogen-bond acceptors (Lipinski definition) is 4. The van der Waals surface area contributed by atoms with Crippen molar-refractivity contribution in [1.82, 2.24) is 9.78 Å². The molecule has 0 radical (unpaired) electrons. The van der Waals surface area contributed by atoms with Crippen LogP contribution in [-0.4, -0.2) is 30.5 Å². The van der Waals surface area contributed by atoms with Crippen LogP contribution in [0.5, 0.6) is 11.5 Å². The molecule has 3 rings (SSSR count). The third kappa shape index (κ3) is 1.73. The summed E-state index contributed by atoms with van der Waals surface area (Å²) in [5.74, 6) is 2.65. The largest absolute Gasteiger partial charge is 0.496 e. The van der Waals surface area contributed by atoms with Gasteiger partial charge in [-0.3, -0.25) is 4.68 Å². The highest BCUT2D eigenvalue weighted by atomic mass is 16.5. The molecule has 1 aromatic carbocycles. The average molecular weight is 259 g/mol. The monoisotopic (exact) mass is 259 g/mol. The first-order chi connectivity index (χ1) is 9.26. The molecule has 0 unspecified atom stereocenters. The van der Waals surface area contributed by atoms with E-state index in [1.807, 2.05) is 29.9 Å². The van der Waals surface area contributed by atoms with Crippen LogP contribution in [0.1, 0.15) is 5.56 Å². The van der Waals surface area contributed by atoms with Crippen molar-refractivity contribution in [2.45, 2.75) is 6.42 Å². The predicted octanol–water partition coefficient (Wildman–Crippen LogP) is 2.07. The van der Waals surface area contributed by atoms with E-state index >= 15 is 0 Å². The van der Waals surface area contributed by atoms with Crippen LogP contribution in [0.2, 0.25) is 0 Å². The molecule has 5 heteroatoms. The standard InChI is InChI=1S/C14H17N3O2/c1-17-14-9(7-8-15-14)13(16-17)12-10(18-2)5-4-6-11(12)19-3/h4-6,15H,7-8H2,1-3H3. The Bertz CT molecular complexity index is 597. The van der Waals surface area contributed by atoms with Crippen LogP contribution in [0.25, 0.3) is 11.3 Å². The summed E-state index contributed by atoms with van der Waals surface area (Å²) in [5.41, 5.74) is 3.09. The lowest BCUT2D eigenvalue weighted by atomic mass is 10.0. The molecule has 0 aliphatic carbocycles. The molecule has 0 fully saturated rings. The first-order valence-corrected chi connectivity index (χ1v) is 6.27. The topological polar surface area (TPSA) is 48.3 Å².